The second-order valence-corrected chi connectivity index (χ2v) is 12.7. The van der Waals surface area contributed by atoms with E-state index < -0.39 is 52.3 Å². The van der Waals surface area contributed by atoms with Gasteiger partial charge in [0.15, 0.2) is 10.9 Å². The summed E-state index contributed by atoms with van der Waals surface area (Å²) >= 11 is 0.745. The van der Waals surface area contributed by atoms with Crippen LogP contribution in [0.25, 0.3) is 32.2 Å². The predicted octanol–water partition coefficient (Wildman–Crippen LogP) is 5.87. The summed E-state index contributed by atoms with van der Waals surface area (Å²) in [5.74, 6) is -2.34. The molecule has 0 saturated carbocycles. The molecule has 5 heterocycles. The first kappa shape index (κ1) is 29.3. The molecule has 0 unspecified atom stereocenters. The van der Waals surface area contributed by atoms with Crippen molar-refractivity contribution in [3.05, 3.63) is 35.4 Å². The maximum atomic E-state index is 16.6. The molecule has 7 rings (SSSR count). The fourth-order valence-electron chi connectivity index (χ4n) is 6.80. The van der Waals surface area contributed by atoms with E-state index in [0.29, 0.717) is 19.4 Å². The van der Waals surface area contributed by atoms with Gasteiger partial charge in [-0.2, -0.15) is 23.1 Å². The Bertz CT molecular complexity index is 1770. The fourth-order valence-corrected chi connectivity index (χ4v) is 7.57. The highest BCUT2D eigenvalue weighted by Gasteiger charge is 2.49. The summed E-state index contributed by atoms with van der Waals surface area (Å²) in [4.78, 5) is 14.6. The molecule has 8 nitrogen and oxygen atoms in total. The van der Waals surface area contributed by atoms with Gasteiger partial charge in [0.05, 0.1) is 26.7 Å². The van der Waals surface area contributed by atoms with Gasteiger partial charge in [0.1, 0.15) is 30.2 Å². The molecule has 4 atom stereocenters. The lowest BCUT2D eigenvalue weighted by molar-refractivity contribution is -0.137. The van der Waals surface area contributed by atoms with Crippen LogP contribution in [0.4, 0.5) is 31.5 Å². The summed E-state index contributed by atoms with van der Waals surface area (Å²) in [7, 11) is 0. The topological polar surface area (TPSA) is 98.4 Å². The van der Waals surface area contributed by atoms with Crippen LogP contribution < -0.4 is 20.5 Å². The van der Waals surface area contributed by atoms with Gasteiger partial charge < -0.3 is 20.5 Å². The lowest BCUT2D eigenvalue weighted by atomic mass is 9.95. The van der Waals surface area contributed by atoms with Crippen molar-refractivity contribution in [1.29, 1.82) is 0 Å². The summed E-state index contributed by atoms with van der Waals surface area (Å²) in [5.41, 5.74) is 2.03. The molecule has 4 aromatic rings. The van der Waals surface area contributed by atoms with Gasteiger partial charge in [-0.15, -0.1) is 0 Å². The molecule has 3 aliphatic rings. The summed E-state index contributed by atoms with van der Waals surface area (Å²) in [6.07, 6.45) is -4.14. The Morgan fingerprint density at radius 2 is 2.00 bits per heavy atom. The average molecular weight is 639 g/mol. The largest absolute Gasteiger partial charge is 0.472 e. The number of halogens is 6. The van der Waals surface area contributed by atoms with Gasteiger partial charge in [-0.25, -0.2) is 18.2 Å². The van der Waals surface area contributed by atoms with E-state index in [0.717, 1.165) is 42.5 Å². The van der Waals surface area contributed by atoms with Crippen LogP contribution in [-0.2, 0) is 6.18 Å². The van der Waals surface area contributed by atoms with E-state index in [1.54, 1.807) is 0 Å². The number of hydrogen-bond donors (Lipinski definition) is 2. The summed E-state index contributed by atoms with van der Waals surface area (Å²) < 4.78 is 101. The Hall–Kier alpha value is -3.43. The Balaban J connectivity index is 1.41. The molecular weight excluding hydrogens is 610 g/mol. The van der Waals surface area contributed by atoms with Crippen molar-refractivity contribution in [2.75, 3.05) is 32.0 Å². The van der Waals surface area contributed by atoms with Crippen molar-refractivity contribution in [3.63, 3.8) is 0 Å². The standard InChI is InChI=1S/C29H28F6N6O2S/c1-13-19(5-7-37-13)43-25-16-9-17(29(33,34)35)20(15-3-4-18(31)24-23(15)38-26(36)44-24)21(32)22(16)39-27(40-25)42-12-28-6-2-8-41(28)11-14(30)10-28/h3-4,9,13-14,19,37H,2,5-8,10-12H2,1H3,(H2,36,38)/t13-,14+,19+,28-/m0/s1. The number of alkyl halides is 4. The number of nitrogens with one attached hydrogen (secondary N) is 1. The number of thiazole rings is 1. The van der Waals surface area contributed by atoms with Gasteiger partial charge in [-0.1, -0.05) is 11.3 Å². The van der Waals surface area contributed by atoms with E-state index in [-0.39, 0.29) is 63.8 Å². The van der Waals surface area contributed by atoms with E-state index in [4.69, 9.17) is 15.2 Å². The monoisotopic (exact) mass is 638 g/mol. The molecule has 3 aliphatic heterocycles. The third-order valence-corrected chi connectivity index (χ3v) is 9.80. The molecule has 15 heteroatoms. The van der Waals surface area contributed by atoms with Crippen LogP contribution in [0.1, 0.15) is 38.2 Å². The van der Waals surface area contributed by atoms with Gasteiger partial charge in [0, 0.05) is 30.1 Å². The zero-order valence-corrected chi connectivity index (χ0v) is 24.3. The molecule has 0 bridgehead atoms. The zero-order valence-electron chi connectivity index (χ0n) is 23.5. The van der Waals surface area contributed by atoms with Gasteiger partial charge in [0.25, 0.3) is 0 Å². The van der Waals surface area contributed by atoms with Crippen LogP contribution in [-0.4, -0.2) is 69.9 Å². The number of fused-ring (bicyclic) bond motifs is 3. The highest BCUT2D eigenvalue weighted by molar-refractivity contribution is 7.22. The number of nitrogen functional groups attached to an aromatic ring is 1. The Morgan fingerprint density at radius 1 is 1.18 bits per heavy atom. The maximum absolute atomic E-state index is 16.6. The molecule has 3 fully saturated rings. The molecule has 234 valence electrons. The maximum Gasteiger partial charge on any atom is 0.417 e. The minimum atomic E-state index is -5.03. The molecule has 0 radical (unpaired) electrons. The average Bonchev–Trinajstić information content (AvgIpc) is 3.72. The predicted molar refractivity (Wildman–Crippen MR) is 153 cm³/mol. The smallest absolute Gasteiger partial charge is 0.417 e. The number of nitrogens with two attached hydrogens (primary N) is 1. The zero-order chi connectivity index (χ0) is 31.0. The third-order valence-electron chi connectivity index (χ3n) is 8.91. The quantitative estimate of drug-likeness (QED) is 0.253. The van der Waals surface area contributed by atoms with E-state index in [1.807, 2.05) is 11.8 Å². The molecule has 2 aromatic heterocycles. The molecule has 0 spiro atoms. The van der Waals surface area contributed by atoms with Crippen LogP contribution in [0.2, 0.25) is 0 Å². The van der Waals surface area contributed by atoms with E-state index >= 15 is 4.39 Å². The highest BCUT2D eigenvalue weighted by atomic mass is 32.1. The van der Waals surface area contributed by atoms with Crippen LogP contribution in [0.5, 0.6) is 11.9 Å². The number of rotatable bonds is 6. The van der Waals surface area contributed by atoms with Crippen molar-refractivity contribution in [3.8, 4) is 23.0 Å². The molecule has 3 N–H and O–H groups in total. The van der Waals surface area contributed by atoms with E-state index in [1.165, 1.54) is 0 Å². The van der Waals surface area contributed by atoms with Crippen molar-refractivity contribution in [1.82, 2.24) is 25.2 Å². The van der Waals surface area contributed by atoms with Gasteiger partial charge in [-0.05, 0) is 57.5 Å². The van der Waals surface area contributed by atoms with Crippen molar-refractivity contribution in [2.45, 2.75) is 62.6 Å². The number of ether oxygens (including phenoxy) is 2. The summed E-state index contributed by atoms with van der Waals surface area (Å²) in [6, 6.07) is 2.28. The molecule has 3 saturated heterocycles. The van der Waals surface area contributed by atoms with Crippen LogP contribution in [0.15, 0.2) is 18.2 Å². The lowest BCUT2D eigenvalue weighted by Crippen LogP contribution is -2.43. The molecule has 0 amide bonds. The summed E-state index contributed by atoms with van der Waals surface area (Å²) in [6.45, 7) is 3.50. The van der Waals surface area contributed by atoms with E-state index in [2.05, 4.69) is 20.3 Å². The van der Waals surface area contributed by atoms with Crippen LogP contribution in [0, 0.1) is 11.6 Å². The number of hydrogen-bond acceptors (Lipinski definition) is 9. The van der Waals surface area contributed by atoms with Crippen molar-refractivity contribution < 1.29 is 35.8 Å². The first-order valence-electron chi connectivity index (χ1n) is 14.3. The second kappa shape index (κ2) is 10.6. The number of benzene rings is 2. The van der Waals surface area contributed by atoms with Crippen LogP contribution >= 0.6 is 11.3 Å². The normalized spacial score (nSPS) is 25.8. The van der Waals surface area contributed by atoms with E-state index in [9.17, 15) is 22.0 Å². The number of anilines is 1. The van der Waals surface area contributed by atoms with Gasteiger partial charge in [-0.3, -0.25) is 4.90 Å². The Labute approximate surface area is 251 Å². The molecular formula is C29H28F6N6O2S. The number of nitrogens with zero attached hydrogens (tertiary/aromatic N) is 4. The molecule has 0 aliphatic carbocycles. The lowest BCUT2D eigenvalue weighted by Gasteiger charge is -2.30. The number of aromatic nitrogens is 3. The molecule has 2 aromatic carbocycles. The minimum Gasteiger partial charge on any atom is -0.472 e. The van der Waals surface area contributed by atoms with Crippen LogP contribution in [0.3, 0.4) is 0 Å². The Kier molecular flexibility index (Phi) is 7.05. The second-order valence-electron chi connectivity index (χ2n) is 11.7. The first-order chi connectivity index (χ1) is 20.9. The van der Waals surface area contributed by atoms with Gasteiger partial charge >= 0.3 is 12.2 Å². The first-order valence-corrected chi connectivity index (χ1v) is 15.1. The molecule has 44 heavy (non-hydrogen) atoms. The van der Waals surface area contributed by atoms with Gasteiger partial charge in [0.2, 0.25) is 5.88 Å². The summed E-state index contributed by atoms with van der Waals surface area (Å²) in [5, 5.41) is 2.82. The SMILES string of the molecule is C[C@@H]1NCC[C@H]1Oc1nc(OC[C@@]23CCCN2C[C@H](F)C3)nc2c(F)c(-c3ccc(F)c4sc(N)nc34)c(C(F)(F)F)cc12. The Morgan fingerprint density at radius 3 is 2.75 bits per heavy atom. The fraction of sp³-hybridized carbons (Fsp3) is 0.483. The minimum absolute atomic E-state index is 0.0194. The van der Waals surface area contributed by atoms with Crippen molar-refractivity contribution >= 4 is 37.6 Å². The third kappa shape index (κ3) is 4.88. The van der Waals surface area contributed by atoms with Crippen molar-refractivity contribution in [2.24, 2.45) is 0 Å². The highest BCUT2D eigenvalue weighted by Crippen LogP contribution is 2.46.